The van der Waals surface area contributed by atoms with E-state index >= 15 is 0 Å². The van der Waals surface area contributed by atoms with Crippen LogP contribution in [0.2, 0.25) is 5.02 Å². The van der Waals surface area contributed by atoms with Gasteiger partial charge in [-0.3, -0.25) is 5.10 Å². The van der Waals surface area contributed by atoms with Crippen molar-refractivity contribution in [2.75, 3.05) is 30.4 Å². The summed E-state index contributed by atoms with van der Waals surface area (Å²) in [5.74, 6) is 2.79. The summed E-state index contributed by atoms with van der Waals surface area (Å²) in [6, 6.07) is 2.19. The van der Waals surface area contributed by atoms with E-state index in [1.807, 2.05) is 45.7 Å². The fourth-order valence-corrected chi connectivity index (χ4v) is 4.75. The number of carbonyl (C=O) groups is 1. The maximum atomic E-state index is 12.5. The molecular formula is C22H32ClN7O2. The van der Waals surface area contributed by atoms with Crippen LogP contribution in [-0.4, -0.2) is 62.9 Å². The lowest BCUT2D eigenvalue weighted by Crippen LogP contribution is -2.39. The predicted molar refractivity (Wildman–Crippen MR) is 124 cm³/mol. The number of fused-ring (bicyclic) bond motifs is 1. The Hall–Kier alpha value is -2.55. The molecule has 0 radical (unpaired) electrons. The van der Waals surface area contributed by atoms with Crippen molar-refractivity contribution in [1.29, 1.82) is 0 Å². The van der Waals surface area contributed by atoms with Crippen molar-refractivity contribution in [2.24, 2.45) is 11.8 Å². The molecule has 3 atom stereocenters. The first-order chi connectivity index (χ1) is 15.1. The van der Waals surface area contributed by atoms with Gasteiger partial charge in [-0.05, 0) is 58.8 Å². The number of likely N-dealkylation sites (tertiary alicyclic amines) is 1. The van der Waals surface area contributed by atoms with Crippen molar-refractivity contribution in [1.82, 2.24) is 25.1 Å². The summed E-state index contributed by atoms with van der Waals surface area (Å²) in [7, 11) is 2.03. The summed E-state index contributed by atoms with van der Waals surface area (Å²) in [5, 5.41) is 10.7. The quantitative estimate of drug-likeness (QED) is 0.697. The molecule has 2 N–H and O–H groups in total. The largest absolute Gasteiger partial charge is 0.444 e. The molecule has 2 aliphatic rings. The minimum atomic E-state index is -0.472. The average Bonchev–Trinajstić information content (AvgIpc) is 3.33. The Kier molecular flexibility index (Phi) is 6.20. The molecule has 0 spiro atoms. The van der Waals surface area contributed by atoms with Gasteiger partial charge in [-0.2, -0.15) is 10.1 Å². The van der Waals surface area contributed by atoms with Crippen LogP contribution in [0.3, 0.4) is 0 Å². The van der Waals surface area contributed by atoms with E-state index in [2.05, 4.69) is 30.4 Å². The van der Waals surface area contributed by atoms with Crippen molar-refractivity contribution < 1.29 is 9.53 Å². The fraction of sp³-hybridized carbons (Fsp3) is 0.636. The summed E-state index contributed by atoms with van der Waals surface area (Å²) < 4.78 is 5.58. The van der Waals surface area contributed by atoms with Crippen molar-refractivity contribution in [3.05, 3.63) is 23.0 Å². The minimum absolute atomic E-state index is 0.206. The molecular weight excluding hydrogens is 430 g/mol. The highest BCUT2D eigenvalue weighted by Gasteiger charge is 2.41. The highest BCUT2D eigenvalue weighted by molar-refractivity contribution is 6.32. The monoisotopic (exact) mass is 461 g/mol. The molecule has 9 nitrogen and oxygen atoms in total. The highest BCUT2D eigenvalue weighted by Crippen LogP contribution is 2.39. The molecule has 32 heavy (non-hydrogen) atoms. The number of amides is 1. The Labute approximate surface area is 193 Å². The topological polar surface area (TPSA) is 99.3 Å². The molecule has 2 aromatic heterocycles. The first kappa shape index (κ1) is 22.6. The molecule has 1 saturated carbocycles. The minimum Gasteiger partial charge on any atom is -0.444 e. The standard InChI is InChI=1S/C22H32ClN7O2/c1-13-8-18(28-27-13)25-19-17(23)10-24-20(26-19)29(5)16-7-6-14-11-30(12-15(14)9-16)21(31)32-22(2,3)4/h8,10,14-16H,6-7,9,11-12H2,1-5H3,(H2,24,25,26,27,28). The number of halogens is 1. The summed E-state index contributed by atoms with van der Waals surface area (Å²) in [4.78, 5) is 25.6. The summed E-state index contributed by atoms with van der Waals surface area (Å²) in [6.07, 6.45) is 4.51. The Morgan fingerprint density at radius 2 is 2.06 bits per heavy atom. The molecule has 174 valence electrons. The SMILES string of the molecule is Cc1cc(Nc2nc(N(C)C3CCC4CN(C(=O)OC(C)(C)C)CC4C3)ncc2Cl)n[nH]1. The Bertz CT molecular complexity index is 973. The van der Waals surface area contributed by atoms with Gasteiger partial charge in [-0.15, -0.1) is 0 Å². The second-order valence-corrected chi connectivity index (χ2v) is 10.3. The molecule has 0 aromatic carbocycles. The molecule has 2 aromatic rings. The number of ether oxygens (including phenoxy) is 1. The molecule has 1 amide bonds. The molecule has 2 fully saturated rings. The molecule has 10 heteroatoms. The van der Waals surface area contributed by atoms with Crippen LogP contribution in [0.1, 0.15) is 45.7 Å². The number of nitrogens with one attached hydrogen (secondary N) is 2. The van der Waals surface area contributed by atoms with Crippen LogP contribution in [-0.2, 0) is 4.74 Å². The average molecular weight is 462 g/mol. The van der Waals surface area contributed by atoms with Gasteiger partial charge in [0.2, 0.25) is 5.95 Å². The van der Waals surface area contributed by atoms with Gasteiger partial charge in [0, 0.05) is 37.9 Å². The van der Waals surface area contributed by atoms with Gasteiger partial charge in [-0.25, -0.2) is 9.78 Å². The highest BCUT2D eigenvalue weighted by atomic mass is 35.5. The van der Waals surface area contributed by atoms with E-state index in [0.29, 0.717) is 40.5 Å². The van der Waals surface area contributed by atoms with Crippen LogP contribution in [0, 0.1) is 18.8 Å². The zero-order valence-corrected chi connectivity index (χ0v) is 20.1. The molecule has 0 bridgehead atoms. The predicted octanol–water partition coefficient (Wildman–Crippen LogP) is 4.38. The number of aromatic nitrogens is 4. The number of nitrogens with zero attached hydrogens (tertiary/aromatic N) is 5. The Morgan fingerprint density at radius 3 is 2.75 bits per heavy atom. The molecule has 1 aliphatic heterocycles. The lowest BCUT2D eigenvalue weighted by molar-refractivity contribution is 0.0284. The molecule has 4 rings (SSSR count). The van der Waals surface area contributed by atoms with Crippen LogP contribution in [0.15, 0.2) is 12.3 Å². The van der Waals surface area contributed by atoms with Crippen LogP contribution >= 0.6 is 11.6 Å². The summed E-state index contributed by atoms with van der Waals surface area (Å²) >= 11 is 6.31. The van der Waals surface area contributed by atoms with E-state index in [0.717, 1.165) is 38.0 Å². The van der Waals surface area contributed by atoms with E-state index in [4.69, 9.17) is 16.3 Å². The summed E-state index contributed by atoms with van der Waals surface area (Å²) in [6.45, 7) is 9.17. The molecule has 1 aliphatic carbocycles. The zero-order valence-electron chi connectivity index (χ0n) is 19.4. The third kappa shape index (κ3) is 5.09. The smallest absolute Gasteiger partial charge is 0.410 e. The number of hydrogen-bond donors (Lipinski definition) is 2. The number of aryl methyl sites for hydroxylation is 1. The zero-order chi connectivity index (χ0) is 23.0. The van der Waals surface area contributed by atoms with Gasteiger partial charge < -0.3 is 19.9 Å². The van der Waals surface area contributed by atoms with E-state index in [1.165, 1.54) is 0 Å². The van der Waals surface area contributed by atoms with Gasteiger partial charge in [-0.1, -0.05) is 11.6 Å². The molecule has 1 saturated heterocycles. The maximum Gasteiger partial charge on any atom is 0.410 e. The van der Waals surface area contributed by atoms with Crippen LogP contribution in [0.25, 0.3) is 0 Å². The van der Waals surface area contributed by atoms with Crippen LogP contribution in [0.5, 0.6) is 0 Å². The summed E-state index contributed by atoms with van der Waals surface area (Å²) in [5.41, 5.74) is 0.476. The first-order valence-electron chi connectivity index (χ1n) is 11.1. The second kappa shape index (κ2) is 8.77. The molecule has 3 heterocycles. The number of hydrogen-bond acceptors (Lipinski definition) is 7. The van der Waals surface area contributed by atoms with E-state index in [1.54, 1.807) is 6.20 Å². The van der Waals surface area contributed by atoms with E-state index in [-0.39, 0.29) is 6.09 Å². The van der Waals surface area contributed by atoms with Crippen LogP contribution in [0.4, 0.5) is 22.4 Å². The first-order valence-corrected chi connectivity index (χ1v) is 11.5. The van der Waals surface area contributed by atoms with Crippen molar-refractivity contribution in [3.8, 4) is 0 Å². The van der Waals surface area contributed by atoms with Crippen molar-refractivity contribution in [3.63, 3.8) is 0 Å². The second-order valence-electron chi connectivity index (χ2n) is 9.91. The number of rotatable bonds is 4. The van der Waals surface area contributed by atoms with Gasteiger partial charge in [0.05, 0.1) is 6.20 Å². The Balaban J connectivity index is 1.41. The number of H-pyrrole nitrogens is 1. The van der Waals surface area contributed by atoms with Gasteiger partial charge in [0.1, 0.15) is 10.6 Å². The number of carbonyl (C=O) groups excluding carboxylic acids is 1. The normalized spacial score (nSPS) is 23.1. The lowest BCUT2D eigenvalue weighted by Gasteiger charge is -2.36. The third-order valence-corrected chi connectivity index (χ3v) is 6.50. The number of aromatic amines is 1. The Morgan fingerprint density at radius 1 is 1.31 bits per heavy atom. The van der Waals surface area contributed by atoms with Gasteiger partial charge in [0.15, 0.2) is 11.6 Å². The lowest BCUT2D eigenvalue weighted by atomic mass is 9.79. The van der Waals surface area contributed by atoms with Gasteiger partial charge in [0.25, 0.3) is 0 Å². The number of anilines is 3. The third-order valence-electron chi connectivity index (χ3n) is 6.22. The van der Waals surface area contributed by atoms with Crippen molar-refractivity contribution >= 4 is 35.3 Å². The van der Waals surface area contributed by atoms with Crippen LogP contribution < -0.4 is 10.2 Å². The van der Waals surface area contributed by atoms with Crippen molar-refractivity contribution in [2.45, 2.75) is 58.6 Å². The van der Waals surface area contributed by atoms with E-state index in [9.17, 15) is 4.79 Å². The maximum absolute atomic E-state index is 12.5. The fourth-order valence-electron chi connectivity index (χ4n) is 4.62. The van der Waals surface area contributed by atoms with Gasteiger partial charge >= 0.3 is 6.09 Å². The van der Waals surface area contributed by atoms with E-state index < -0.39 is 5.60 Å². The molecule has 3 unspecified atom stereocenters.